The highest BCUT2D eigenvalue weighted by Crippen LogP contribution is 2.47. The van der Waals surface area contributed by atoms with Crippen molar-refractivity contribution >= 4 is 0 Å². The number of hydrogen-bond acceptors (Lipinski definition) is 1. The van der Waals surface area contributed by atoms with Gasteiger partial charge in [0, 0.05) is 12.0 Å². The van der Waals surface area contributed by atoms with Crippen LogP contribution in [0.1, 0.15) is 62.5 Å². The van der Waals surface area contributed by atoms with E-state index in [0.29, 0.717) is 5.41 Å². The van der Waals surface area contributed by atoms with E-state index in [1.54, 1.807) is 11.1 Å². The predicted octanol–water partition coefficient (Wildman–Crippen LogP) is 4.45. The van der Waals surface area contributed by atoms with Crippen molar-refractivity contribution in [1.29, 1.82) is 0 Å². The van der Waals surface area contributed by atoms with Crippen molar-refractivity contribution in [1.82, 2.24) is 5.32 Å². The van der Waals surface area contributed by atoms with Gasteiger partial charge in [-0.25, -0.2) is 0 Å². The van der Waals surface area contributed by atoms with Crippen molar-refractivity contribution in [3.8, 4) is 0 Å². The first kappa shape index (κ1) is 14.1. The molecule has 0 aliphatic heterocycles. The number of likely N-dealkylation sites (N-methyl/N-ethyl adjacent to an activating group) is 1. The molecule has 0 heterocycles. The van der Waals surface area contributed by atoms with Gasteiger partial charge in [-0.3, -0.25) is 0 Å². The molecule has 0 aromatic heterocycles. The van der Waals surface area contributed by atoms with Crippen LogP contribution < -0.4 is 5.32 Å². The van der Waals surface area contributed by atoms with Gasteiger partial charge in [-0.2, -0.15) is 0 Å². The van der Waals surface area contributed by atoms with Crippen molar-refractivity contribution in [3.05, 3.63) is 35.4 Å². The van der Waals surface area contributed by atoms with Gasteiger partial charge in [-0.1, -0.05) is 49.9 Å². The summed E-state index contributed by atoms with van der Waals surface area (Å²) >= 11 is 0. The van der Waals surface area contributed by atoms with Crippen LogP contribution in [-0.4, -0.2) is 13.6 Å². The molecule has 1 nitrogen and oxygen atoms in total. The largest absolute Gasteiger partial charge is 0.319 e. The number of aryl methyl sites for hydroxylation is 1. The van der Waals surface area contributed by atoms with Crippen LogP contribution in [0.2, 0.25) is 0 Å². The number of nitrogens with one attached hydrogen (secondary N) is 1. The normalized spacial score (nSPS) is 27.9. The zero-order chi connectivity index (χ0) is 13.8. The number of fused-ring (bicyclic) bond motifs is 1. The van der Waals surface area contributed by atoms with E-state index in [1.807, 2.05) is 0 Å². The Morgan fingerprint density at radius 2 is 1.80 bits per heavy atom. The van der Waals surface area contributed by atoms with Crippen LogP contribution in [0.5, 0.6) is 0 Å². The molecule has 2 aliphatic rings. The third kappa shape index (κ3) is 2.53. The summed E-state index contributed by atoms with van der Waals surface area (Å²) in [5.74, 6) is 0.888. The molecule has 0 saturated heterocycles. The third-order valence-electron chi connectivity index (χ3n) is 5.75. The minimum absolute atomic E-state index is 0.411. The van der Waals surface area contributed by atoms with Gasteiger partial charge < -0.3 is 5.32 Å². The molecule has 0 radical (unpaired) electrons. The van der Waals surface area contributed by atoms with Crippen molar-refractivity contribution < 1.29 is 0 Å². The van der Waals surface area contributed by atoms with E-state index < -0.39 is 0 Å². The van der Waals surface area contributed by atoms with Gasteiger partial charge in [0.1, 0.15) is 0 Å². The fraction of sp³-hybridized carbons (Fsp3) is 0.684. The summed E-state index contributed by atoms with van der Waals surface area (Å²) in [5, 5.41) is 3.54. The molecular weight excluding hydrogens is 242 g/mol. The Balaban J connectivity index is 1.99. The maximum absolute atomic E-state index is 3.54. The van der Waals surface area contributed by atoms with Gasteiger partial charge in [0.2, 0.25) is 0 Å². The number of hydrogen-bond donors (Lipinski definition) is 1. The standard InChI is InChI=1S/C19H29N/c1-20-15-19(17-11-4-2-3-5-12-17)14-8-10-16-9-6-7-13-18(16)19/h6-7,9,13,17,20H,2-5,8,10-12,14-15H2,1H3. The molecule has 1 fully saturated rings. The monoisotopic (exact) mass is 271 g/mol. The Labute approximate surface area is 124 Å². The average molecular weight is 271 g/mol. The Kier molecular flexibility index (Phi) is 4.45. The van der Waals surface area contributed by atoms with Crippen LogP contribution in [0, 0.1) is 5.92 Å². The molecule has 110 valence electrons. The van der Waals surface area contributed by atoms with Gasteiger partial charge in [0.05, 0.1) is 0 Å². The molecule has 0 spiro atoms. The Morgan fingerprint density at radius 1 is 1.05 bits per heavy atom. The number of rotatable bonds is 3. The van der Waals surface area contributed by atoms with Gasteiger partial charge in [-0.15, -0.1) is 0 Å². The van der Waals surface area contributed by atoms with E-state index in [2.05, 4.69) is 36.6 Å². The van der Waals surface area contributed by atoms with Crippen molar-refractivity contribution in [3.63, 3.8) is 0 Å². The van der Waals surface area contributed by atoms with Crippen LogP contribution in [0.4, 0.5) is 0 Å². The fourth-order valence-electron chi connectivity index (χ4n) is 4.85. The third-order valence-corrected chi connectivity index (χ3v) is 5.75. The number of benzene rings is 1. The predicted molar refractivity (Wildman–Crippen MR) is 86.2 cm³/mol. The fourth-order valence-corrected chi connectivity index (χ4v) is 4.85. The molecule has 1 saturated carbocycles. The maximum atomic E-state index is 3.54. The van der Waals surface area contributed by atoms with Crippen LogP contribution in [-0.2, 0) is 11.8 Å². The summed E-state index contributed by atoms with van der Waals surface area (Å²) in [5.41, 5.74) is 3.71. The lowest BCUT2D eigenvalue weighted by Crippen LogP contribution is -2.45. The van der Waals surface area contributed by atoms with E-state index >= 15 is 0 Å². The van der Waals surface area contributed by atoms with Gasteiger partial charge in [0.15, 0.2) is 0 Å². The first-order valence-electron chi connectivity index (χ1n) is 8.60. The molecular formula is C19H29N. The van der Waals surface area contributed by atoms with Crippen molar-refractivity contribution in [2.75, 3.05) is 13.6 Å². The lowest BCUT2D eigenvalue weighted by Gasteiger charge is -2.45. The Hall–Kier alpha value is -0.820. The second-order valence-corrected chi connectivity index (χ2v) is 6.89. The van der Waals surface area contributed by atoms with Gasteiger partial charge in [-0.05, 0) is 56.2 Å². The summed E-state index contributed by atoms with van der Waals surface area (Å²) < 4.78 is 0. The van der Waals surface area contributed by atoms with Crippen LogP contribution in [0.25, 0.3) is 0 Å². The molecule has 20 heavy (non-hydrogen) atoms. The summed E-state index contributed by atoms with van der Waals surface area (Å²) in [4.78, 5) is 0. The molecule has 1 aromatic rings. The Bertz CT molecular complexity index is 431. The molecule has 1 heteroatoms. The molecule has 1 unspecified atom stereocenters. The van der Waals surface area contributed by atoms with Crippen LogP contribution >= 0.6 is 0 Å². The molecule has 1 aromatic carbocycles. The highest BCUT2D eigenvalue weighted by Gasteiger charge is 2.42. The topological polar surface area (TPSA) is 12.0 Å². The van der Waals surface area contributed by atoms with Crippen LogP contribution in [0.3, 0.4) is 0 Å². The zero-order valence-electron chi connectivity index (χ0n) is 13.0. The minimum Gasteiger partial charge on any atom is -0.319 e. The van der Waals surface area contributed by atoms with Gasteiger partial charge >= 0.3 is 0 Å². The Morgan fingerprint density at radius 3 is 2.55 bits per heavy atom. The highest BCUT2D eigenvalue weighted by atomic mass is 14.8. The minimum atomic E-state index is 0.411. The van der Waals surface area contributed by atoms with E-state index in [9.17, 15) is 0 Å². The zero-order valence-corrected chi connectivity index (χ0v) is 13.0. The van der Waals surface area contributed by atoms with E-state index in [-0.39, 0.29) is 0 Å². The maximum Gasteiger partial charge on any atom is 0.0109 e. The molecule has 3 rings (SSSR count). The summed E-state index contributed by atoms with van der Waals surface area (Å²) in [7, 11) is 2.13. The second-order valence-electron chi connectivity index (χ2n) is 6.89. The summed E-state index contributed by atoms with van der Waals surface area (Å²) in [6.07, 6.45) is 12.7. The smallest absolute Gasteiger partial charge is 0.0109 e. The average Bonchev–Trinajstić information content (AvgIpc) is 2.77. The molecule has 0 bridgehead atoms. The lowest BCUT2D eigenvalue weighted by molar-refractivity contribution is 0.203. The first-order valence-corrected chi connectivity index (χ1v) is 8.60. The quantitative estimate of drug-likeness (QED) is 0.801. The summed E-state index contributed by atoms with van der Waals surface area (Å²) in [6.45, 7) is 1.16. The van der Waals surface area contributed by atoms with Crippen molar-refractivity contribution in [2.24, 2.45) is 5.92 Å². The highest BCUT2D eigenvalue weighted by molar-refractivity contribution is 5.38. The molecule has 2 aliphatic carbocycles. The first-order chi connectivity index (χ1) is 9.87. The summed E-state index contributed by atoms with van der Waals surface area (Å²) in [6, 6.07) is 9.28. The lowest BCUT2D eigenvalue weighted by atomic mass is 9.61. The van der Waals surface area contributed by atoms with E-state index in [0.717, 1.165) is 12.5 Å². The van der Waals surface area contributed by atoms with Crippen molar-refractivity contribution in [2.45, 2.75) is 63.2 Å². The van der Waals surface area contributed by atoms with E-state index in [1.165, 1.54) is 57.8 Å². The molecule has 1 atom stereocenters. The van der Waals surface area contributed by atoms with Gasteiger partial charge in [0.25, 0.3) is 0 Å². The molecule has 1 N–H and O–H groups in total. The second kappa shape index (κ2) is 6.30. The van der Waals surface area contributed by atoms with E-state index in [4.69, 9.17) is 0 Å². The SMILES string of the molecule is CNCC1(C2CCCCCC2)CCCc2ccccc21. The molecule has 0 amide bonds. The van der Waals surface area contributed by atoms with Crippen LogP contribution in [0.15, 0.2) is 24.3 Å².